The highest BCUT2D eigenvalue weighted by atomic mass is 32.1. The average Bonchev–Trinajstić information content (AvgIpc) is 3.25. The van der Waals surface area contributed by atoms with Crippen LogP contribution in [-0.2, 0) is 11.2 Å². The zero-order chi connectivity index (χ0) is 16.2. The number of carbonyl (C=O) groups excluding carboxylic acids is 2. The lowest BCUT2D eigenvalue weighted by Crippen LogP contribution is -2.12. The summed E-state index contributed by atoms with van der Waals surface area (Å²) >= 11 is 1.01. The Morgan fingerprint density at radius 2 is 2.26 bits per heavy atom. The van der Waals surface area contributed by atoms with Gasteiger partial charge in [-0.3, -0.25) is 9.59 Å². The zero-order valence-electron chi connectivity index (χ0n) is 11.7. The number of primary amides is 1. The molecule has 0 spiro atoms. The molecule has 0 radical (unpaired) electrons. The Kier molecular flexibility index (Phi) is 4.15. The van der Waals surface area contributed by atoms with Crippen LogP contribution in [0.5, 0.6) is 0 Å². The maximum Gasteiger partial charge on any atom is 0.260 e. The van der Waals surface area contributed by atoms with E-state index in [0.29, 0.717) is 22.6 Å². The van der Waals surface area contributed by atoms with E-state index in [1.807, 2.05) is 0 Å². The third kappa shape index (κ3) is 3.61. The smallest absolute Gasteiger partial charge is 0.260 e. The number of furan rings is 1. The van der Waals surface area contributed by atoms with Crippen LogP contribution in [0.15, 0.2) is 33.5 Å². The number of hydrogen-bond acceptors (Lipinski definition) is 8. The van der Waals surface area contributed by atoms with Crippen molar-refractivity contribution in [1.82, 2.24) is 15.1 Å². The summed E-state index contributed by atoms with van der Waals surface area (Å²) < 4.78 is 10.2. The van der Waals surface area contributed by atoms with Crippen molar-refractivity contribution in [3.8, 4) is 11.6 Å². The van der Waals surface area contributed by atoms with Crippen LogP contribution in [0.3, 0.4) is 0 Å². The molecule has 0 aromatic carbocycles. The van der Waals surface area contributed by atoms with E-state index in [1.165, 1.54) is 12.5 Å². The number of hydrogen-bond donors (Lipinski definition) is 2. The first-order valence-electron chi connectivity index (χ1n) is 6.54. The third-order valence-corrected chi connectivity index (χ3v) is 3.70. The molecule has 3 rings (SSSR count). The lowest BCUT2D eigenvalue weighted by atomic mass is 10.3. The van der Waals surface area contributed by atoms with Crippen LogP contribution in [0, 0.1) is 0 Å². The van der Waals surface area contributed by atoms with Gasteiger partial charge in [-0.15, -0.1) is 0 Å². The molecule has 0 saturated heterocycles. The lowest BCUT2D eigenvalue weighted by Gasteiger charge is -1.98. The highest BCUT2D eigenvalue weighted by Crippen LogP contribution is 2.18. The van der Waals surface area contributed by atoms with E-state index in [2.05, 4.69) is 20.4 Å². The molecule has 0 fully saturated rings. The molecular formula is C13H11N5O4S. The Morgan fingerprint density at radius 3 is 2.96 bits per heavy atom. The molecule has 0 aliphatic rings. The van der Waals surface area contributed by atoms with Gasteiger partial charge in [0.1, 0.15) is 4.88 Å². The molecule has 3 aromatic heterocycles. The Hall–Kier alpha value is -3.01. The first kappa shape index (κ1) is 14.9. The highest BCUT2D eigenvalue weighted by Gasteiger charge is 2.13. The van der Waals surface area contributed by atoms with E-state index in [-0.39, 0.29) is 23.6 Å². The van der Waals surface area contributed by atoms with Gasteiger partial charge in [0.25, 0.3) is 5.91 Å². The summed E-state index contributed by atoms with van der Waals surface area (Å²) in [5.41, 5.74) is 5.12. The van der Waals surface area contributed by atoms with Crippen molar-refractivity contribution in [2.24, 2.45) is 5.73 Å². The predicted octanol–water partition coefficient (Wildman–Crippen LogP) is 1.46. The Morgan fingerprint density at radius 1 is 1.39 bits per heavy atom. The number of nitrogens with two attached hydrogens (primary N) is 1. The van der Waals surface area contributed by atoms with Crippen LogP contribution in [0.1, 0.15) is 22.0 Å². The van der Waals surface area contributed by atoms with Crippen molar-refractivity contribution in [2.45, 2.75) is 12.8 Å². The van der Waals surface area contributed by atoms with E-state index >= 15 is 0 Å². The van der Waals surface area contributed by atoms with Gasteiger partial charge >= 0.3 is 0 Å². The summed E-state index contributed by atoms with van der Waals surface area (Å²) in [6, 6.07) is 3.42. The van der Waals surface area contributed by atoms with Gasteiger partial charge in [-0.2, -0.15) is 4.98 Å². The SMILES string of the molecule is NC(=O)c1cnc(NC(=O)CCc2nc(-c3ccco3)no2)s1. The number of anilines is 1. The minimum absolute atomic E-state index is 0.130. The molecule has 10 heteroatoms. The van der Waals surface area contributed by atoms with Crippen LogP contribution >= 0.6 is 11.3 Å². The van der Waals surface area contributed by atoms with E-state index in [4.69, 9.17) is 14.7 Å². The van der Waals surface area contributed by atoms with Gasteiger partial charge in [0.2, 0.25) is 17.6 Å². The maximum absolute atomic E-state index is 11.8. The molecule has 23 heavy (non-hydrogen) atoms. The van der Waals surface area contributed by atoms with Crippen molar-refractivity contribution in [3.05, 3.63) is 35.4 Å². The zero-order valence-corrected chi connectivity index (χ0v) is 12.5. The van der Waals surface area contributed by atoms with Crippen LogP contribution in [0.2, 0.25) is 0 Å². The molecule has 3 heterocycles. The monoisotopic (exact) mass is 333 g/mol. The van der Waals surface area contributed by atoms with Gasteiger partial charge in [-0.1, -0.05) is 16.5 Å². The van der Waals surface area contributed by atoms with Crippen molar-refractivity contribution in [1.29, 1.82) is 0 Å². The molecule has 0 bridgehead atoms. The molecule has 0 unspecified atom stereocenters. The van der Waals surface area contributed by atoms with E-state index in [9.17, 15) is 9.59 Å². The molecular weight excluding hydrogens is 322 g/mol. The number of carbonyl (C=O) groups is 2. The fourth-order valence-corrected chi connectivity index (χ4v) is 2.39. The number of nitrogens with zero attached hydrogens (tertiary/aromatic N) is 3. The van der Waals surface area contributed by atoms with Crippen LogP contribution in [-0.4, -0.2) is 26.9 Å². The van der Waals surface area contributed by atoms with Crippen molar-refractivity contribution in [2.75, 3.05) is 5.32 Å². The van der Waals surface area contributed by atoms with E-state index < -0.39 is 5.91 Å². The molecule has 118 valence electrons. The summed E-state index contributed by atoms with van der Waals surface area (Å²) in [6.07, 6.45) is 3.22. The number of aryl methyl sites for hydroxylation is 1. The van der Waals surface area contributed by atoms with Crippen LogP contribution in [0.25, 0.3) is 11.6 Å². The fraction of sp³-hybridized carbons (Fsp3) is 0.154. The van der Waals surface area contributed by atoms with Gasteiger partial charge in [0.15, 0.2) is 10.9 Å². The normalized spacial score (nSPS) is 10.6. The summed E-state index contributed by atoms with van der Waals surface area (Å²) in [5, 5.41) is 6.65. The second-order valence-electron chi connectivity index (χ2n) is 4.43. The van der Waals surface area contributed by atoms with Crippen molar-refractivity contribution >= 4 is 28.3 Å². The Balaban J connectivity index is 1.53. The quantitative estimate of drug-likeness (QED) is 0.696. The summed E-state index contributed by atoms with van der Waals surface area (Å²) in [4.78, 5) is 31.1. The Labute approximate surface area is 133 Å². The first-order chi connectivity index (χ1) is 11.1. The van der Waals surface area contributed by atoms with Gasteiger partial charge in [-0.25, -0.2) is 4.98 Å². The lowest BCUT2D eigenvalue weighted by molar-refractivity contribution is -0.116. The van der Waals surface area contributed by atoms with Gasteiger partial charge in [-0.05, 0) is 12.1 Å². The van der Waals surface area contributed by atoms with Crippen LogP contribution < -0.4 is 11.1 Å². The molecule has 3 aromatic rings. The number of nitrogens with one attached hydrogen (secondary N) is 1. The summed E-state index contributed by atoms with van der Waals surface area (Å²) in [5.74, 6) is 0.276. The minimum Gasteiger partial charge on any atom is -0.461 e. The highest BCUT2D eigenvalue weighted by molar-refractivity contribution is 7.17. The topological polar surface area (TPSA) is 137 Å². The molecule has 3 N–H and O–H groups in total. The maximum atomic E-state index is 11.8. The summed E-state index contributed by atoms with van der Waals surface area (Å²) in [6.45, 7) is 0. The van der Waals surface area contributed by atoms with Gasteiger partial charge in [0, 0.05) is 12.8 Å². The second kappa shape index (κ2) is 6.40. The fourth-order valence-electron chi connectivity index (χ4n) is 1.71. The van der Waals surface area contributed by atoms with Crippen LogP contribution in [0.4, 0.5) is 5.13 Å². The predicted molar refractivity (Wildman–Crippen MR) is 79.6 cm³/mol. The van der Waals surface area contributed by atoms with Gasteiger partial charge in [0.05, 0.1) is 12.5 Å². The van der Waals surface area contributed by atoms with E-state index in [0.717, 1.165) is 11.3 Å². The molecule has 0 atom stereocenters. The molecule has 0 aliphatic heterocycles. The Bertz CT molecular complexity index is 823. The molecule has 0 saturated carbocycles. The summed E-state index contributed by atoms with van der Waals surface area (Å²) in [7, 11) is 0. The van der Waals surface area contributed by atoms with E-state index in [1.54, 1.807) is 12.1 Å². The number of aromatic nitrogens is 3. The third-order valence-electron chi connectivity index (χ3n) is 2.77. The molecule has 2 amide bonds. The number of rotatable bonds is 6. The van der Waals surface area contributed by atoms with Gasteiger partial charge < -0.3 is 20.0 Å². The standard InChI is InChI=1S/C13H11N5O4S/c14-11(20)8-6-15-13(23-8)16-9(19)3-4-10-17-12(18-22-10)7-2-1-5-21-7/h1-2,5-6H,3-4H2,(H2,14,20)(H,15,16,19). The average molecular weight is 333 g/mol. The second-order valence-corrected chi connectivity index (χ2v) is 5.46. The van der Waals surface area contributed by atoms with Crippen molar-refractivity contribution in [3.63, 3.8) is 0 Å². The first-order valence-corrected chi connectivity index (χ1v) is 7.35. The van der Waals surface area contributed by atoms with Crippen molar-refractivity contribution < 1.29 is 18.5 Å². The number of amides is 2. The largest absolute Gasteiger partial charge is 0.461 e. The molecule has 0 aliphatic carbocycles. The molecule has 9 nitrogen and oxygen atoms in total. The minimum atomic E-state index is -0.584. The number of thiazole rings is 1.